The lowest BCUT2D eigenvalue weighted by molar-refractivity contribution is -0.120. The minimum absolute atomic E-state index is 0.0857. The van der Waals surface area contributed by atoms with Gasteiger partial charge in [0.05, 0.1) is 13.7 Å². The topological polar surface area (TPSA) is 62.4 Å². The zero-order valence-corrected chi connectivity index (χ0v) is 14.0. The predicted octanol–water partition coefficient (Wildman–Crippen LogP) is 3.21. The highest BCUT2D eigenvalue weighted by Gasteiger charge is 2.13. The molecule has 0 bridgehead atoms. The first-order valence-corrected chi connectivity index (χ1v) is 8.33. The third-order valence-electron chi connectivity index (χ3n) is 4.12. The molecule has 0 heterocycles. The summed E-state index contributed by atoms with van der Waals surface area (Å²) in [6.45, 7) is 2.46. The maximum atomic E-state index is 11.9. The van der Waals surface area contributed by atoms with E-state index in [9.17, 15) is 4.79 Å². The van der Waals surface area contributed by atoms with Gasteiger partial charge in [0.15, 0.2) is 0 Å². The lowest BCUT2D eigenvalue weighted by Crippen LogP contribution is -2.40. The van der Waals surface area contributed by atoms with Crippen LogP contribution in [0, 0.1) is 5.92 Å². The number of benzene rings is 1. The molecule has 1 atom stereocenters. The minimum Gasteiger partial charge on any atom is -0.497 e. The molecule has 5 heteroatoms. The summed E-state index contributed by atoms with van der Waals surface area (Å²) in [6, 6.07) is 7.49. The fourth-order valence-electron chi connectivity index (χ4n) is 2.76. The molecule has 5 nitrogen and oxygen atoms in total. The maximum absolute atomic E-state index is 11.9. The van der Waals surface area contributed by atoms with Gasteiger partial charge in [-0.1, -0.05) is 25.8 Å². The normalized spacial score (nSPS) is 17.1. The van der Waals surface area contributed by atoms with Gasteiger partial charge in [-0.15, -0.1) is 0 Å². The first-order valence-electron chi connectivity index (χ1n) is 8.33. The van der Waals surface area contributed by atoms with Crippen molar-refractivity contribution in [1.82, 2.24) is 10.9 Å². The number of anilines is 1. The number of allylic oxidation sites excluding steroid dienone is 2. The molecule has 1 aliphatic rings. The molecule has 2 rings (SSSR count). The van der Waals surface area contributed by atoms with Crippen molar-refractivity contribution in [1.29, 1.82) is 0 Å². The van der Waals surface area contributed by atoms with Crippen LogP contribution in [0.5, 0.6) is 5.75 Å². The van der Waals surface area contributed by atoms with Gasteiger partial charge in [0.2, 0.25) is 0 Å². The molecule has 0 fully saturated rings. The second-order valence-electron chi connectivity index (χ2n) is 5.91. The average molecular weight is 317 g/mol. The van der Waals surface area contributed by atoms with Crippen LogP contribution in [-0.4, -0.2) is 19.6 Å². The molecule has 0 aromatic heterocycles. The molecule has 0 unspecified atom stereocenters. The highest BCUT2D eigenvalue weighted by atomic mass is 16.5. The van der Waals surface area contributed by atoms with Crippen LogP contribution in [0.25, 0.3) is 0 Å². The third kappa shape index (κ3) is 5.85. The van der Waals surface area contributed by atoms with Crippen LogP contribution in [-0.2, 0) is 4.79 Å². The first-order chi connectivity index (χ1) is 11.2. The van der Waals surface area contributed by atoms with E-state index in [1.807, 2.05) is 24.3 Å². The van der Waals surface area contributed by atoms with E-state index in [-0.39, 0.29) is 12.5 Å². The summed E-state index contributed by atoms with van der Waals surface area (Å²) in [5, 5.41) is 3.08. The fourth-order valence-corrected chi connectivity index (χ4v) is 2.76. The lowest BCUT2D eigenvalue weighted by atomic mass is 9.89. The summed E-state index contributed by atoms with van der Waals surface area (Å²) in [7, 11) is 1.63. The van der Waals surface area contributed by atoms with Crippen molar-refractivity contribution >= 4 is 11.6 Å². The second kappa shape index (κ2) is 9.08. The standard InChI is InChI=1S/C18H27N3O2/c1-3-4-14-5-7-16(8-6-14)20-21-18(22)13-19-15-9-11-17(23-2)12-10-15/h7,9-12,14,19-20H,3-6,8,13H2,1-2H3,(H,21,22)/t14-/m0/s1. The fraction of sp³-hybridized carbons (Fsp3) is 0.500. The molecule has 23 heavy (non-hydrogen) atoms. The smallest absolute Gasteiger partial charge is 0.257 e. The number of amides is 1. The molecule has 3 N–H and O–H groups in total. The van der Waals surface area contributed by atoms with Gasteiger partial charge in [-0.05, 0) is 49.4 Å². The largest absolute Gasteiger partial charge is 0.497 e. The van der Waals surface area contributed by atoms with Crippen molar-refractivity contribution in [3.63, 3.8) is 0 Å². The summed E-state index contributed by atoms with van der Waals surface area (Å²) >= 11 is 0. The Balaban J connectivity index is 1.67. The Bertz CT molecular complexity index is 526. The van der Waals surface area contributed by atoms with Gasteiger partial charge in [0, 0.05) is 11.4 Å². The molecular formula is C18H27N3O2. The van der Waals surface area contributed by atoms with Gasteiger partial charge in [-0.25, -0.2) is 0 Å². The molecule has 126 valence electrons. The number of carbonyl (C=O) groups excluding carboxylic acids is 1. The lowest BCUT2D eigenvalue weighted by Gasteiger charge is -2.22. The van der Waals surface area contributed by atoms with Crippen molar-refractivity contribution in [3.05, 3.63) is 36.0 Å². The van der Waals surface area contributed by atoms with Crippen LogP contribution in [0.2, 0.25) is 0 Å². The number of ether oxygens (including phenoxy) is 1. The van der Waals surface area contributed by atoms with Gasteiger partial charge in [0.1, 0.15) is 5.75 Å². The molecule has 0 spiro atoms. The van der Waals surface area contributed by atoms with Crippen LogP contribution >= 0.6 is 0 Å². The summed E-state index contributed by atoms with van der Waals surface area (Å²) in [6.07, 6.45) is 8.07. The Morgan fingerprint density at radius 1 is 1.30 bits per heavy atom. The molecule has 0 radical (unpaired) electrons. The molecule has 0 aliphatic heterocycles. The first kappa shape index (κ1) is 17.2. The third-order valence-corrected chi connectivity index (χ3v) is 4.12. The molecular weight excluding hydrogens is 290 g/mol. The Hall–Kier alpha value is -2.17. The van der Waals surface area contributed by atoms with E-state index >= 15 is 0 Å². The Labute approximate surface area is 138 Å². The number of methoxy groups -OCH3 is 1. The Morgan fingerprint density at radius 2 is 2.09 bits per heavy atom. The van der Waals surface area contributed by atoms with Crippen LogP contribution in [0.4, 0.5) is 5.69 Å². The van der Waals surface area contributed by atoms with Gasteiger partial charge < -0.3 is 15.5 Å². The number of hydrogen-bond donors (Lipinski definition) is 3. The van der Waals surface area contributed by atoms with Crippen molar-refractivity contribution in [2.45, 2.75) is 39.0 Å². The zero-order chi connectivity index (χ0) is 16.5. The summed E-state index contributed by atoms with van der Waals surface area (Å²) in [5.74, 6) is 1.52. The number of rotatable bonds is 8. The van der Waals surface area contributed by atoms with E-state index in [2.05, 4.69) is 29.2 Å². The van der Waals surface area contributed by atoms with E-state index < -0.39 is 0 Å². The average Bonchev–Trinajstić information content (AvgIpc) is 2.60. The SMILES string of the molecule is CCC[C@H]1CC=C(NNC(=O)CNc2ccc(OC)cc2)CC1. The number of nitrogens with one attached hydrogen (secondary N) is 3. The van der Waals surface area contributed by atoms with Crippen molar-refractivity contribution in [2.24, 2.45) is 5.92 Å². The van der Waals surface area contributed by atoms with Crippen molar-refractivity contribution in [2.75, 3.05) is 19.0 Å². The van der Waals surface area contributed by atoms with Crippen LogP contribution in [0.1, 0.15) is 39.0 Å². The van der Waals surface area contributed by atoms with E-state index in [1.165, 1.54) is 19.3 Å². The summed E-state index contributed by atoms with van der Waals surface area (Å²) < 4.78 is 5.10. The van der Waals surface area contributed by atoms with Crippen molar-refractivity contribution in [3.8, 4) is 5.75 Å². The number of carbonyl (C=O) groups is 1. The highest BCUT2D eigenvalue weighted by molar-refractivity contribution is 5.80. The van der Waals surface area contributed by atoms with Crippen LogP contribution in [0.3, 0.4) is 0 Å². The Kier molecular flexibility index (Phi) is 6.78. The van der Waals surface area contributed by atoms with E-state index in [0.29, 0.717) is 0 Å². The second-order valence-corrected chi connectivity index (χ2v) is 5.91. The van der Waals surface area contributed by atoms with Gasteiger partial charge >= 0.3 is 0 Å². The molecule has 0 saturated heterocycles. The summed E-state index contributed by atoms with van der Waals surface area (Å²) in [4.78, 5) is 11.9. The van der Waals surface area contributed by atoms with Crippen LogP contribution in [0.15, 0.2) is 36.0 Å². The quantitative estimate of drug-likeness (QED) is 0.644. The molecule has 1 aliphatic carbocycles. The molecule has 1 aromatic rings. The molecule has 0 saturated carbocycles. The van der Waals surface area contributed by atoms with Gasteiger partial charge in [0.25, 0.3) is 5.91 Å². The number of hydrazine groups is 1. The van der Waals surface area contributed by atoms with E-state index in [1.54, 1.807) is 7.11 Å². The van der Waals surface area contributed by atoms with E-state index in [4.69, 9.17) is 4.74 Å². The van der Waals surface area contributed by atoms with Gasteiger partial charge in [-0.2, -0.15) is 0 Å². The monoisotopic (exact) mass is 317 g/mol. The predicted molar refractivity (Wildman–Crippen MR) is 93.1 cm³/mol. The Morgan fingerprint density at radius 3 is 2.70 bits per heavy atom. The van der Waals surface area contributed by atoms with Crippen LogP contribution < -0.4 is 20.9 Å². The highest BCUT2D eigenvalue weighted by Crippen LogP contribution is 2.25. The van der Waals surface area contributed by atoms with Crippen molar-refractivity contribution < 1.29 is 9.53 Å². The minimum atomic E-state index is -0.0857. The molecule has 1 amide bonds. The maximum Gasteiger partial charge on any atom is 0.257 e. The van der Waals surface area contributed by atoms with E-state index in [0.717, 1.165) is 35.9 Å². The zero-order valence-electron chi connectivity index (χ0n) is 14.0. The number of hydrogen-bond acceptors (Lipinski definition) is 4. The summed E-state index contributed by atoms with van der Waals surface area (Å²) in [5.41, 5.74) is 7.80. The molecule has 1 aromatic carbocycles. The van der Waals surface area contributed by atoms with Gasteiger partial charge in [-0.3, -0.25) is 10.2 Å².